The number of fused-ring (bicyclic) bond motifs is 4. The number of hydrogen-bond acceptors (Lipinski definition) is 4. The average Bonchev–Trinajstić information content (AvgIpc) is 2.64. The summed E-state index contributed by atoms with van der Waals surface area (Å²) < 4.78 is 7.13. The number of hydrogen-bond donors (Lipinski definition) is 0. The van der Waals surface area contributed by atoms with Crippen LogP contribution < -0.4 is 10.3 Å². The Hall–Kier alpha value is -2.58. The molecule has 4 rings (SSSR count). The largest absolute Gasteiger partial charge is 0.497 e. The van der Waals surface area contributed by atoms with E-state index in [9.17, 15) is 10.1 Å². The summed E-state index contributed by atoms with van der Waals surface area (Å²) >= 11 is 0. The molecule has 2 aliphatic rings. The Labute approximate surface area is 147 Å². The fourth-order valence-electron chi connectivity index (χ4n) is 4.30. The number of rotatable bonds is 3. The monoisotopic (exact) mass is 335 g/mol. The molecule has 3 atom stereocenters. The van der Waals surface area contributed by atoms with E-state index in [0.29, 0.717) is 11.8 Å². The SMILES string of the molecule is COc1ccc([C@H](C#N)N2C[C@@H]3C[C@H](C2)c2cccc(=O)n2C3)cc1. The molecule has 0 saturated carbocycles. The van der Waals surface area contributed by atoms with Crippen molar-refractivity contribution in [1.82, 2.24) is 9.47 Å². The molecule has 1 fully saturated rings. The van der Waals surface area contributed by atoms with Crippen LogP contribution >= 0.6 is 0 Å². The third kappa shape index (κ3) is 2.83. The minimum atomic E-state index is -0.266. The zero-order valence-electron chi connectivity index (χ0n) is 14.3. The first-order valence-electron chi connectivity index (χ1n) is 8.67. The predicted molar refractivity (Wildman–Crippen MR) is 94.5 cm³/mol. The Balaban J connectivity index is 1.62. The van der Waals surface area contributed by atoms with E-state index in [0.717, 1.165) is 43.1 Å². The van der Waals surface area contributed by atoms with Gasteiger partial charge in [-0.05, 0) is 36.1 Å². The van der Waals surface area contributed by atoms with Crippen LogP contribution in [0.5, 0.6) is 5.75 Å². The average molecular weight is 335 g/mol. The summed E-state index contributed by atoms with van der Waals surface area (Å²) in [5, 5.41) is 9.78. The second-order valence-corrected chi connectivity index (χ2v) is 6.96. The van der Waals surface area contributed by atoms with E-state index >= 15 is 0 Å². The lowest BCUT2D eigenvalue weighted by atomic mass is 9.82. The van der Waals surface area contributed by atoms with E-state index in [4.69, 9.17) is 4.74 Å². The number of likely N-dealkylation sites (tertiary alicyclic amines) is 1. The van der Waals surface area contributed by atoms with Gasteiger partial charge >= 0.3 is 0 Å². The zero-order valence-corrected chi connectivity index (χ0v) is 14.3. The van der Waals surface area contributed by atoms with Crippen LogP contribution in [0.25, 0.3) is 0 Å². The van der Waals surface area contributed by atoms with Crippen LogP contribution in [0, 0.1) is 17.2 Å². The molecule has 1 saturated heterocycles. The van der Waals surface area contributed by atoms with Gasteiger partial charge in [0.05, 0.1) is 13.2 Å². The summed E-state index contributed by atoms with van der Waals surface area (Å²) in [6.07, 6.45) is 1.10. The molecule has 0 unspecified atom stereocenters. The first-order valence-corrected chi connectivity index (χ1v) is 8.67. The summed E-state index contributed by atoms with van der Waals surface area (Å²) in [4.78, 5) is 14.4. The van der Waals surface area contributed by atoms with E-state index in [1.807, 2.05) is 34.9 Å². The maximum atomic E-state index is 12.1. The van der Waals surface area contributed by atoms with Crippen LogP contribution in [0.2, 0.25) is 0 Å². The standard InChI is InChI=1S/C20H21N3O2/c1-25-17-7-5-15(6-8-17)19(10-21)22-11-14-9-16(13-22)18-3-2-4-20(24)23(18)12-14/h2-8,14,16,19H,9,11-13H2,1H3/t14-,16+,19-/m0/s1. The summed E-state index contributed by atoms with van der Waals surface area (Å²) in [6.45, 7) is 2.41. The highest BCUT2D eigenvalue weighted by Crippen LogP contribution is 2.38. The maximum absolute atomic E-state index is 12.1. The van der Waals surface area contributed by atoms with Crippen LogP contribution in [0.3, 0.4) is 0 Å². The molecule has 5 nitrogen and oxygen atoms in total. The van der Waals surface area contributed by atoms with Gasteiger partial charge in [-0.2, -0.15) is 5.26 Å². The molecule has 128 valence electrons. The topological polar surface area (TPSA) is 58.3 Å². The van der Waals surface area contributed by atoms with Crippen molar-refractivity contribution in [1.29, 1.82) is 5.26 Å². The molecule has 0 N–H and O–H groups in total. The summed E-state index contributed by atoms with van der Waals surface area (Å²) in [6, 6.07) is 15.5. The molecule has 0 amide bonds. The van der Waals surface area contributed by atoms with Gasteiger partial charge in [-0.1, -0.05) is 18.2 Å². The van der Waals surface area contributed by atoms with Crippen molar-refractivity contribution >= 4 is 0 Å². The molecule has 1 aromatic carbocycles. The lowest BCUT2D eigenvalue weighted by molar-refractivity contribution is 0.100. The Bertz CT molecular complexity index is 866. The fraction of sp³-hybridized carbons (Fsp3) is 0.400. The number of nitriles is 1. The normalized spacial score (nSPS) is 23.4. The van der Waals surface area contributed by atoms with Gasteiger partial charge in [0, 0.05) is 37.3 Å². The van der Waals surface area contributed by atoms with Gasteiger partial charge < -0.3 is 9.30 Å². The predicted octanol–water partition coefficient (Wildman–Crippen LogP) is 2.54. The highest BCUT2D eigenvalue weighted by Gasteiger charge is 2.37. The highest BCUT2D eigenvalue weighted by molar-refractivity contribution is 5.32. The van der Waals surface area contributed by atoms with E-state index in [-0.39, 0.29) is 11.6 Å². The molecular formula is C20H21N3O2. The van der Waals surface area contributed by atoms with E-state index < -0.39 is 0 Å². The van der Waals surface area contributed by atoms with Crippen molar-refractivity contribution in [2.75, 3.05) is 20.2 Å². The number of pyridine rings is 1. The van der Waals surface area contributed by atoms with E-state index in [1.165, 1.54) is 0 Å². The van der Waals surface area contributed by atoms with Crippen molar-refractivity contribution < 1.29 is 4.74 Å². The molecule has 0 radical (unpaired) electrons. The van der Waals surface area contributed by atoms with Gasteiger partial charge in [0.1, 0.15) is 11.8 Å². The molecule has 0 aliphatic carbocycles. The minimum Gasteiger partial charge on any atom is -0.497 e. The summed E-state index contributed by atoms with van der Waals surface area (Å²) in [5.74, 6) is 1.53. The molecule has 25 heavy (non-hydrogen) atoms. The maximum Gasteiger partial charge on any atom is 0.250 e. The molecule has 1 aromatic heterocycles. The van der Waals surface area contributed by atoms with Crippen LogP contribution in [0.4, 0.5) is 0 Å². The molecule has 5 heteroatoms. The van der Waals surface area contributed by atoms with Gasteiger partial charge in [-0.3, -0.25) is 9.69 Å². The van der Waals surface area contributed by atoms with Gasteiger partial charge in [0.25, 0.3) is 5.56 Å². The van der Waals surface area contributed by atoms with Gasteiger partial charge in [-0.25, -0.2) is 0 Å². The second-order valence-electron chi connectivity index (χ2n) is 6.96. The number of ether oxygens (including phenoxy) is 1. The van der Waals surface area contributed by atoms with Gasteiger partial charge in [0.2, 0.25) is 0 Å². The van der Waals surface area contributed by atoms with Crippen LogP contribution in [-0.4, -0.2) is 29.7 Å². The van der Waals surface area contributed by atoms with Crippen molar-refractivity contribution in [3.8, 4) is 11.8 Å². The first-order chi connectivity index (χ1) is 12.2. The minimum absolute atomic E-state index is 0.0904. The third-order valence-corrected chi connectivity index (χ3v) is 5.43. The molecule has 0 spiro atoms. The van der Waals surface area contributed by atoms with Crippen molar-refractivity contribution in [3.63, 3.8) is 0 Å². The number of methoxy groups -OCH3 is 1. The fourth-order valence-corrected chi connectivity index (χ4v) is 4.30. The molecule has 2 bridgehead atoms. The number of piperidine rings is 1. The molecular weight excluding hydrogens is 314 g/mol. The Kier molecular flexibility index (Phi) is 4.06. The summed E-state index contributed by atoms with van der Waals surface area (Å²) in [7, 11) is 1.64. The molecule has 3 heterocycles. The van der Waals surface area contributed by atoms with Gasteiger partial charge in [-0.15, -0.1) is 0 Å². The Morgan fingerprint density at radius 1 is 1.16 bits per heavy atom. The van der Waals surface area contributed by atoms with Gasteiger partial charge in [0.15, 0.2) is 0 Å². The van der Waals surface area contributed by atoms with Crippen LogP contribution in [0.15, 0.2) is 47.3 Å². The molecule has 2 aliphatic heterocycles. The first kappa shape index (κ1) is 15.9. The Morgan fingerprint density at radius 3 is 2.68 bits per heavy atom. The smallest absolute Gasteiger partial charge is 0.250 e. The molecule has 2 aromatic rings. The van der Waals surface area contributed by atoms with Crippen molar-refractivity contribution in [2.24, 2.45) is 5.92 Å². The zero-order chi connectivity index (χ0) is 17.4. The van der Waals surface area contributed by atoms with E-state index in [2.05, 4.69) is 17.0 Å². The van der Waals surface area contributed by atoms with Crippen LogP contribution in [0.1, 0.15) is 29.6 Å². The lowest BCUT2D eigenvalue weighted by Gasteiger charge is -2.44. The quantitative estimate of drug-likeness (QED) is 0.865. The second kappa shape index (κ2) is 6.38. The number of nitrogens with zero attached hydrogens (tertiary/aromatic N) is 3. The lowest BCUT2D eigenvalue weighted by Crippen LogP contribution is -2.47. The highest BCUT2D eigenvalue weighted by atomic mass is 16.5. The van der Waals surface area contributed by atoms with E-state index in [1.54, 1.807) is 13.2 Å². The van der Waals surface area contributed by atoms with Crippen molar-refractivity contribution in [2.45, 2.75) is 24.9 Å². The van der Waals surface area contributed by atoms with Crippen molar-refractivity contribution in [3.05, 3.63) is 64.1 Å². The number of aromatic nitrogens is 1. The Morgan fingerprint density at radius 2 is 1.96 bits per heavy atom. The van der Waals surface area contributed by atoms with Crippen LogP contribution in [-0.2, 0) is 6.54 Å². The number of benzene rings is 1. The third-order valence-electron chi connectivity index (χ3n) is 5.43. The summed E-state index contributed by atoms with van der Waals surface area (Å²) in [5.41, 5.74) is 2.20.